The summed E-state index contributed by atoms with van der Waals surface area (Å²) in [5.41, 5.74) is 0.398. The molecule has 1 heterocycles. The number of hydrogen-bond donors (Lipinski definition) is 1. The van der Waals surface area contributed by atoms with Gasteiger partial charge in [-0.15, -0.1) is 0 Å². The van der Waals surface area contributed by atoms with Crippen LogP contribution in [0.5, 0.6) is 5.95 Å². The molecule has 4 heteroatoms. The van der Waals surface area contributed by atoms with E-state index in [1.165, 1.54) is 6.07 Å². The van der Waals surface area contributed by atoms with Gasteiger partial charge in [-0.2, -0.15) is 0 Å². The van der Waals surface area contributed by atoms with Crippen LogP contribution in [0.3, 0.4) is 0 Å². The first kappa shape index (κ1) is 12.0. The summed E-state index contributed by atoms with van der Waals surface area (Å²) >= 11 is 0. The summed E-state index contributed by atoms with van der Waals surface area (Å²) in [7, 11) is 0. The first-order valence-corrected chi connectivity index (χ1v) is 5.96. The van der Waals surface area contributed by atoms with Crippen LogP contribution in [-0.4, -0.2) is 17.2 Å². The summed E-state index contributed by atoms with van der Waals surface area (Å²) in [6, 6.07) is 2.99. The Morgan fingerprint density at radius 1 is 1.41 bits per heavy atom. The first-order chi connectivity index (χ1) is 7.96. The van der Waals surface area contributed by atoms with Crippen LogP contribution in [0.2, 0.25) is 0 Å². The van der Waals surface area contributed by atoms with Gasteiger partial charge in [0.15, 0.2) is 0 Å². The highest BCUT2D eigenvalue weighted by Crippen LogP contribution is 2.36. The van der Waals surface area contributed by atoms with Gasteiger partial charge in [0.25, 0.3) is 5.95 Å². The van der Waals surface area contributed by atoms with Gasteiger partial charge in [0, 0.05) is 6.07 Å². The smallest absolute Gasteiger partial charge is 0.371 e. The number of furan rings is 1. The van der Waals surface area contributed by atoms with Crippen molar-refractivity contribution in [3.8, 4) is 5.95 Å². The highest BCUT2D eigenvalue weighted by molar-refractivity contribution is 5.84. The van der Waals surface area contributed by atoms with Crippen molar-refractivity contribution in [2.45, 2.75) is 45.6 Å². The molecule has 1 N–H and O–H groups in total. The molecule has 0 saturated heterocycles. The van der Waals surface area contributed by atoms with Crippen LogP contribution in [0.4, 0.5) is 0 Å². The lowest BCUT2D eigenvalue weighted by atomic mass is 9.76. The molecule has 1 aliphatic rings. The number of carboxylic acid groups (broad SMARTS) is 1. The number of ether oxygens (including phenoxy) is 1. The molecule has 17 heavy (non-hydrogen) atoms. The molecule has 2 rings (SSSR count). The van der Waals surface area contributed by atoms with Crippen LogP contribution in [0.25, 0.3) is 0 Å². The third kappa shape index (κ3) is 3.02. The second kappa shape index (κ2) is 4.43. The molecular formula is C13H18O4. The largest absolute Gasteiger partial charge is 0.475 e. The van der Waals surface area contributed by atoms with Crippen LogP contribution in [0, 0.1) is 5.41 Å². The summed E-state index contributed by atoms with van der Waals surface area (Å²) in [6.45, 7) is 4.53. The van der Waals surface area contributed by atoms with E-state index in [2.05, 4.69) is 13.8 Å². The Morgan fingerprint density at radius 2 is 2.06 bits per heavy atom. The van der Waals surface area contributed by atoms with Crippen LogP contribution >= 0.6 is 0 Å². The predicted molar refractivity (Wildman–Crippen MR) is 62.3 cm³/mol. The molecule has 0 unspecified atom stereocenters. The zero-order valence-electron chi connectivity index (χ0n) is 10.2. The number of aromatic carboxylic acids is 1. The zero-order valence-corrected chi connectivity index (χ0v) is 10.2. The topological polar surface area (TPSA) is 59.7 Å². The monoisotopic (exact) mass is 238 g/mol. The number of rotatable bonds is 3. The van der Waals surface area contributed by atoms with Crippen molar-refractivity contribution >= 4 is 5.97 Å². The van der Waals surface area contributed by atoms with E-state index in [4.69, 9.17) is 14.3 Å². The lowest BCUT2D eigenvalue weighted by Gasteiger charge is -2.33. The second-order valence-electron chi connectivity index (χ2n) is 5.41. The van der Waals surface area contributed by atoms with Crippen molar-refractivity contribution in [3.63, 3.8) is 0 Å². The average molecular weight is 238 g/mol. The quantitative estimate of drug-likeness (QED) is 0.877. The fourth-order valence-corrected chi connectivity index (χ4v) is 2.15. The fraction of sp³-hybridized carbons (Fsp3) is 0.615. The van der Waals surface area contributed by atoms with Crippen LogP contribution in [-0.2, 0) is 0 Å². The molecule has 4 nitrogen and oxygen atoms in total. The van der Waals surface area contributed by atoms with E-state index in [0.29, 0.717) is 11.4 Å². The van der Waals surface area contributed by atoms with Gasteiger partial charge in [-0.3, -0.25) is 0 Å². The van der Waals surface area contributed by atoms with Crippen LogP contribution in [0.1, 0.15) is 50.1 Å². The maximum Gasteiger partial charge on any atom is 0.371 e. The first-order valence-electron chi connectivity index (χ1n) is 5.96. The molecule has 1 aromatic rings. The number of carboxylic acids is 1. The lowest BCUT2D eigenvalue weighted by Crippen LogP contribution is -2.28. The number of hydrogen-bond acceptors (Lipinski definition) is 3. The molecule has 0 radical (unpaired) electrons. The Bertz CT molecular complexity index is 395. The lowest BCUT2D eigenvalue weighted by molar-refractivity contribution is 0.0603. The highest BCUT2D eigenvalue weighted by Gasteiger charge is 2.28. The van der Waals surface area contributed by atoms with E-state index in [1.807, 2.05) is 0 Å². The highest BCUT2D eigenvalue weighted by atomic mass is 16.6. The zero-order chi connectivity index (χ0) is 12.5. The summed E-state index contributed by atoms with van der Waals surface area (Å²) in [5, 5.41) is 8.72. The van der Waals surface area contributed by atoms with Gasteiger partial charge >= 0.3 is 5.97 Å². The van der Waals surface area contributed by atoms with E-state index in [0.717, 1.165) is 25.7 Å². The van der Waals surface area contributed by atoms with Crippen molar-refractivity contribution < 1.29 is 19.1 Å². The van der Waals surface area contributed by atoms with Crippen molar-refractivity contribution in [1.29, 1.82) is 0 Å². The van der Waals surface area contributed by atoms with Crippen molar-refractivity contribution in [2.75, 3.05) is 0 Å². The molecule has 0 atom stereocenters. The molecule has 0 aromatic carbocycles. The third-order valence-corrected chi connectivity index (χ3v) is 3.36. The van der Waals surface area contributed by atoms with Crippen LogP contribution in [0.15, 0.2) is 16.5 Å². The second-order valence-corrected chi connectivity index (χ2v) is 5.41. The maximum atomic E-state index is 10.6. The van der Waals surface area contributed by atoms with Gasteiger partial charge in [-0.05, 0) is 37.2 Å². The Labute approximate surface area is 101 Å². The standard InChI is InChI=1S/C13H18O4/c1-13(2)7-5-9(6-8-13)16-11-4-3-10(17-11)12(14)15/h3-4,9H,5-8H2,1-2H3,(H,14,15). The summed E-state index contributed by atoms with van der Waals surface area (Å²) in [5.74, 6) is -0.826. The van der Waals surface area contributed by atoms with Crippen LogP contribution < -0.4 is 4.74 Å². The molecule has 0 bridgehead atoms. The van der Waals surface area contributed by atoms with Gasteiger partial charge in [0.05, 0.1) is 0 Å². The van der Waals surface area contributed by atoms with Gasteiger partial charge in [0.1, 0.15) is 6.10 Å². The fourth-order valence-electron chi connectivity index (χ4n) is 2.15. The van der Waals surface area contributed by atoms with E-state index in [-0.39, 0.29) is 11.9 Å². The summed E-state index contributed by atoms with van der Waals surface area (Å²) < 4.78 is 10.7. The minimum Gasteiger partial charge on any atom is -0.475 e. The molecular weight excluding hydrogens is 220 g/mol. The SMILES string of the molecule is CC1(C)CCC(Oc2ccc(C(=O)O)o2)CC1. The Balaban J connectivity index is 1.91. The molecule has 0 amide bonds. The Kier molecular flexibility index (Phi) is 3.13. The van der Waals surface area contributed by atoms with Crippen molar-refractivity contribution in [1.82, 2.24) is 0 Å². The minimum absolute atomic E-state index is 0.0730. The summed E-state index contributed by atoms with van der Waals surface area (Å²) in [6.07, 6.45) is 4.40. The van der Waals surface area contributed by atoms with Gasteiger partial charge in [-0.25, -0.2) is 4.79 Å². The maximum absolute atomic E-state index is 10.6. The average Bonchev–Trinajstić information content (AvgIpc) is 2.70. The molecule has 94 valence electrons. The Morgan fingerprint density at radius 3 is 2.59 bits per heavy atom. The van der Waals surface area contributed by atoms with E-state index < -0.39 is 5.97 Å². The van der Waals surface area contributed by atoms with Gasteiger partial charge < -0.3 is 14.3 Å². The molecule has 0 aliphatic heterocycles. The predicted octanol–water partition coefficient (Wildman–Crippen LogP) is 3.33. The minimum atomic E-state index is -1.07. The third-order valence-electron chi connectivity index (χ3n) is 3.36. The number of carbonyl (C=O) groups is 1. The van der Waals surface area contributed by atoms with Gasteiger partial charge in [-0.1, -0.05) is 13.8 Å². The van der Waals surface area contributed by atoms with Gasteiger partial charge in [0.2, 0.25) is 5.76 Å². The molecule has 1 aliphatic carbocycles. The van der Waals surface area contributed by atoms with E-state index in [1.54, 1.807) is 6.07 Å². The molecule has 0 spiro atoms. The molecule has 1 saturated carbocycles. The molecule has 1 fully saturated rings. The molecule has 1 aromatic heterocycles. The van der Waals surface area contributed by atoms with Crippen molar-refractivity contribution in [3.05, 3.63) is 17.9 Å². The Hall–Kier alpha value is -1.45. The van der Waals surface area contributed by atoms with E-state index >= 15 is 0 Å². The normalized spacial score (nSPS) is 20.1. The summed E-state index contributed by atoms with van der Waals surface area (Å²) in [4.78, 5) is 10.6. The van der Waals surface area contributed by atoms with E-state index in [9.17, 15) is 4.79 Å². The van der Waals surface area contributed by atoms with Crippen molar-refractivity contribution in [2.24, 2.45) is 5.41 Å².